The molecule has 3 nitrogen and oxygen atoms in total. The Morgan fingerprint density at radius 2 is 1.89 bits per heavy atom. The molecule has 0 aliphatic heterocycles. The molecule has 4 heteroatoms. The smallest absolute Gasteiger partial charge is 0.126 e. The topological polar surface area (TPSA) is 38.7 Å². The molecule has 1 N–H and O–H groups in total. The minimum Gasteiger partial charge on any atom is -0.491 e. The zero-order chi connectivity index (χ0) is 14.3. The minimum atomic E-state index is -0.537. The first-order valence-electron chi connectivity index (χ1n) is 6.68. The number of hydrogen-bond acceptors (Lipinski definition) is 3. The molecule has 0 saturated carbocycles. The SMILES string of the molecule is CC(C)CCOCCOc1cc(Br)ccc1[C@H](C)O. The number of aliphatic hydroxyl groups is 1. The van der Waals surface area contributed by atoms with Crippen LogP contribution < -0.4 is 4.74 Å². The summed E-state index contributed by atoms with van der Waals surface area (Å²) in [5, 5.41) is 9.67. The van der Waals surface area contributed by atoms with Gasteiger partial charge >= 0.3 is 0 Å². The molecule has 0 fully saturated rings. The lowest BCUT2D eigenvalue weighted by Gasteiger charge is -2.14. The second kappa shape index (κ2) is 8.56. The minimum absolute atomic E-state index is 0.494. The van der Waals surface area contributed by atoms with E-state index in [-0.39, 0.29) is 0 Å². The van der Waals surface area contributed by atoms with Crippen molar-refractivity contribution >= 4 is 15.9 Å². The van der Waals surface area contributed by atoms with Crippen molar-refractivity contribution in [2.45, 2.75) is 33.3 Å². The van der Waals surface area contributed by atoms with Crippen molar-refractivity contribution < 1.29 is 14.6 Å². The van der Waals surface area contributed by atoms with Crippen molar-refractivity contribution in [2.75, 3.05) is 19.8 Å². The van der Waals surface area contributed by atoms with Gasteiger partial charge in [-0.1, -0.05) is 35.8 Å². The number of hydrogen-bond donors (Lipinski definition) is 1. The van der Waals surface area contributed by atoms with Crippen LogP contribution in [0.3, 0.4) is 0 Å². The molecule has 1 rings (SSSR count). The molecule has 0 radical (unpaired) electrons. The van der Waals surface area contributed by atoms with E-state index in [1.165, 1.54) is 0 Å². The third-order valence-electron chi connectivity index (χ3n) is 2.75. The lowest BCUT2D eigenvalue weighted by molar-refractivity contribution is 0.0909. The van der Waals surface area contributed by atoms with Crippen molar-refractivity contribution in [2.24, 2.45) is 5.92 Å². The van der Waals surface area contributed by atoms with Crippen molar-refractivity contribution in [3.05, 3.63) is 28.2 Å². The maximum Gasteiger partial charge on any atom is 0.126 e. The van der Waals surface area contributed by atoms with E-state index < -0.39 is 6.10 Å². The maximum absolute atomic E-state index is 9.67. The average molecular weight is 331 g/mol. The Hall–Kier alpha value is -0.580. The molecule has 0 bridgehead atoms. The van der Waals surface area contributed by atoms with Crippen LogP contribution in [0.15, 0.2) is 22.7 Å². The van der Waals surface area contributed by atoms with Crippen molar-refractivity contribution in [1.82, 2.24) is 0 Å². The Kier molecular flexibility index (Phi) is 7.42. The summed E-state index contributed by atoms with van der Waals surface area (Å²) in [6, 6.07) is 5.63. The van der Waals surface area contributed by atoms with Gasteiger partial charge in [0, 0.05) is 16.6 Å². The molecule has 0 aromatic heterocycles. The van der Waals surface area contributed by atoms with Crippen LogP contribution >= 0.6 is 15.9 Å². The summed E-state index contributed by atoms with van der Waals surface area (Å²) in [6.07, 6.45) is 0.528. The third-order valence-corrected chi connectivity index (χ3v) is 3.24. The molecule has 1 aromatic carbocycles. The first-order chi connectivity index (χ1) is 9.00. The van der Waals surface area contributed by atoms with Gasteiger partial charge in [-0.25, -0.2) is 0 Å². The molecule has 0 aliphatic rings. The normalized spacial score (nSPS) is 12.7. The van der Waals surface area contributed by atoms with Gasteiger partial charge in [-0.3, -0.25) is 0 Å². The van der Waals surface area contributed by atoms with Crippen LogP contribution in [-0.4, -0.2) is 24.9 Å². The van der Waals surface area contributed by atoms with Gasteiger partial charge in [-0.15, -0.1) is 0 Å². The van der Waals surface area contributed by atoms with E-state index in [0.29, 0.717) is 24.9 Å². The number of benzene rings is 1. The van der Waals surface area contributed by atoms with Gasteiger partial charge in [0.1, 0.15) is 12.4 Å². The van der Waals surface area contributed by atoms with Crippen molar-refractivity contribution in [3.8, 4) is 5.75 Å². The first-order valence-corrected chi connectivity index (χ1v) is 7.48. The first kappa shape index (κ1) is 16.5. The molecule has 108 valence electrons. The highest BCUT2D eigenvalue weighted by atomic mass is 79.9. The van der Waals surface area contributed by atoms with E-state index >= 15 is 0 Å². The lowest BCUT2D eigenvalue weighted by atomic mass is 10.1. The summed E-state index contributed by atoms with van der Waals surface area (Å²) < 4.78 is 12.1. The van der Waals surface area contributed by atoms with E-state index in [9.17, 15) is 5.11 Å². The molecule has 0 saturated heterocycles. The van der Waals surface area contributed by atoms with Gasteiger partial charge in [-0.2, -0.15) is 0 Å². The lowest BCUT2D eigenvalue weighted by Crippen LogP contribution is -2.10. The monoisotopic (exact) mass is 330 g/mol. The predicted molar refractivity (Wildman–Crippen MR) is 80.5 cm³/mol. The quantitative estimate of drug-likeness (QED) is 0.733. The van der Waals surface area contributed by atoms with Gasteiger partial charge in [0.05, 0.1) is 12.7 Å². The zero-order valence-corrected chi connectivity index (χ0v) is 13.4. The van der Waals surface area contributed by atoms with Crippen LogP contribution in [0.4, 0.5) is 0 Å². The second-order valence-corrected chi connectivity index (χ2v) is 5.92. The number of ether oxygens (including phenoxy) is 2. The molecule has 0 spiro atoms. The zero-order valence-electron chi connectivity index (χ0n) is 11.9. The summed E-state index contributed by atoms with van der Waals surface area (Å²) >= 11 is 3.40. The van der Waals surface area contributed by atoms with Gasteiger partial charge in [0.25, 0.3) is 0 Å². The summed E-state index contributed by atoms with van der Waals surface area (Å²) in [4.78, 5) is 0. The molecule has 0 aliphatic carbocycles. The fourth-order valence-corrected chi connectivity index (χ4v) is 1.95. The third kappa shape index (κ3) is 6.41. The Balaban J connectivity index is 2.38. The highest BCUT2D eigenvalue weighted by molar-refractivity contribution is 9.10. The van der Waals surface area contributed by atoms with Gasteiger partial charge in [-0.05, 0) is 31.4 Å². The Bertz CT molecular complexity index is 378. The highest BCUT2D eigenvalue weighted by Gasteiger charge is 2.09. The Morgan fingerprint density at radius 3 is 2.53 bits per heavy atom. The van der Waals surface area contributed by atoms with Crippen LogP contribution in [0.5, 0.6) is 5.75 Å². The molecule has 0 heterocycles. The molecule has 1 aromatic rings. The maximum atomic E-state index is 9.67. The Morgan fingerprint density at radius 1 is 1.16 bits per heavy atom. The number of halogens is 1. The standard InChI is InChI=1S/C15H23BrO3/c1-11(2)6-7-18-8-9-19-15-10-13(16)4-5-14(15)12(3)17/h4-5,10-12,17H,6-9H2,1-3H3/t12-/m0/s1. The van der Waals surface area contributed by atoms with E-state index in [1.807, 2.05) is 18.2 Å². The van der Waals surface area contributed by atoms with E-state index in [2.05, 4.69) is 29.8 Å². The van der Waals surface area contributed by atoms with Crippen molar-refractivity contribution in [1.29, 1.82) is 0 Å². The number of aliphatic hydroxyl groups excluding tert-OH is 1. The van der Waals surface area contributed by atoms with E-state index in [4.69, 9.17) is 9.47 Å². The highest BCUT2D eigenvalue weighted by Crippen LogP contribution is 2.28. The largest absolute Gasteiger partial charge is 0.491 e. The predicted octanol–water partition coefficient (Wildman–Crippen LogP) is 3.94. The Labute approximate surface area is 124 Å². The second-order valence-electron chi connectivity index (χ2n) is 5.00. The molecular formula is C15H23BrO3. The van der Waals surface area contributed by atoms with Gasteiger partial charge in [0.15, 0.2) is 0 Å². The van der Waals surface area contributed by atoms with Crippen LogP contribution in [0.2, 0.25) is 0 Å². The average Bonchev–Trinajstić information content (AvgIpc) is 2.33. The van der Waals surface area contributed by atoms with Crippen molar-refractivity contribution in [3.63, 3.8) is 0 Å². The van der Waals surface area contributed by atoms with E-state index in [1.54, 1.807) is 6.92 Å². The fraction of sp³-hybridized carbons (Fsp3) is 0.600. The summed E-state index contributed by atoms with van der Waals surface area (Å²) in [7, 11) is 0. The van der Waals surface area contributed by atoms with E-state index in [0.717, 1.165) is 23.1 Å². The molecular weight excluding hydrogens is 308 g/mol. The van der Waals surface area contributed by atoms with Crippen LogP contribution in [0.25, 0.3) is 0 Å². The summed E-state index contributed by atoms with van der Waals surface area (Å²) in [6.45, 7) is 7.91. The molecule has 19 heavy (non-hydrogen) atoms. The molecule has 0 amide bonds. The van der Waals surface area contributed by atoms with Crippen LogP contribution in [-0.2, 0) is 4.74 Å². The van der Waals surface area contributed by atoms with Gasteiger partial charge < -0.3 is 14.6 Å². The molecule has 1 atom stereocenters. The summed E-state index contributed by atoms with van der Waals surface area (Å²) in [5.74, 6) is 1.37. The van der Waals surface area contributed by atoms with Crippen LogP contribution in [0, 0.1) is 5.92 Å². The van der Waals surface area contributed by atoms with Gasteiger partial charge in [0.2, 0.25) is 0 Å². The molecule has 0 unspecified atom stereocenters. The fourth-order valence-electron chi connectivity index (χ4n) is 1.61. The number of rotatable bonds is 8. The summed E-state index contributed by atoms with van der Waals surface area (Å²) in [5.41, 5.74) is 0.797. The van der Waals surface area contributed by atoms with Crippen LogP contribution in [0.1, 0.15) is 38.9 Å².